The van der Waals surface area contributed by atoms with Crippen molar-refractivity contribution in [1.82, 2.24) is 19.7 Å². The number of hydrogen-bond donors (Lipinski definition) is 0. The maximum absolute atomic E-state index is 11.9. The summed E-state index contributed by atoms with van der Waals surface area (Å²) in [5, 5.41) is 8.16. The van der Waals surface area contributed by atoms with Crippen molar-refractivity contribution in [1.29, 1.82) is 0 Å². The molecule has 0 bridgehead atoms. The fraction of sp³-hybridized carbons (Fsp3) is 0.462. The lowest BCUT2D eigenvalue weighted by atomic mass is 10.1. The molecule has 0 N–H and O–H groups in total. The Kier molecular flexibility index (Phi) is 3.43. The molecule has 7 heteroatoms. The van der Waals surface area contributed by atoms with Crippen molar-refractivity contribution in [3.05, 3.63) is 28.5 Å². The second-order valence-electron chi connectivity index (χ2n) is 4.85. The summed E-state index contributed by atoms with van der Waals surface area (Å²) in [5.41, 5.74) is 0. The van der Waals surface area contributed by atoms with Gasteiger partial charge in [-0.2, -0.15) is 5.10 Å². The minimum absolute atomic E-state index is 0.0157. The molecule has 20 heavy (non-hydrogen) atoms. The van der Waals surface area contributed by atoms with E-state index in [9.17, 15) is 4.79 Å². The molecule has 3 rings (SSSR count). The Morgan fingerprint density at radius 3 is 2.90 bits per heavy atom. The SMILES string of the molecule is Cc1nc(C)n(C2CN(C(=O)COc3ccsc3)C2)n1. The predicted octanol–water partition coefficient (Wildman–Crippen LogP) is 1.42. The molecule has 0 saturated carbocycles. The standard InChI is InChI=1S/C13H16N4O2S/c1-9-14-10(2)17(15-9)11-5-16(6-11)13(18)7-19-12-3-4-20-8-12/h3-4,8,11H,5-7H2,1-2H3. The third-order valence-electron chi connectivity index (χ3n) is 3.33. The summed E-state index contributed by atoms with van der Waals surface area (Å²) < 4.78 is 7.32. The maximum Gasteiger partial charge on any atom is 0.260 e. The van der Waals surface area contributed by atoms with Gasteiger partial charge in [0.2, 0.25) is 0 Å². The predicted molar refractivity (Wildman–Crippen MR) is 74.9 cm³/mol. The number of ether oxygens (including phenoxy) is 1. The van der Waals surface area contributed by atoms with Crippen LogP contribution in [-0.2, 0) is 4.79 Å². The molecule has 0 radical (unpaired) electrons. The molecule has 1 aliphatic heterocycles. The average Bonchev–Trinajstić information content (AvgIpc) is 2.95. The summed E-state index contributed by atoms with van der Waals surface area (Å²) in [6.45, 7) is 5.26. The van der Waals surface area contributed by atoms with Gasteiger partial charge in [0.15, 0.2) is 6.61 Å². The number of rotatable bonds is 4. The van der Waals surface area contributed by atoms with E-state index in [1.165, 1.54) is 0 Å². The summed E-state index contributed by atoms with van der Waals surface area (Å²) in [6.07, 6.45) is 0. The first-order valence-electron chi connectivity index (χ1n) is 6.46. The first-order valence-corrected chi connectivity index (χ1v) is 7.40. The molecule has 0 atom stereocenters. The Labute approximate surface area is 121 Å². The van der Waals surface area contributed by atoms with E-state index in [1.54, 1.807) is 16.2 Å². The van der Waals surface area contributed by atoms with E-state index in [1.807, 2.05) is 35.4 Å². The quantitative estimate of drug-likeness (QED) is 0.855. The van der Waals surface area contributed by atoms with Crippen molar-refractivity contribution in [3.63, 3.8) is 0 Å². The maximum atomic E-state index is 11.9. The number of amides is 1. The number of hydrogen-bond acceptors (Lipinski definition) is 5. The highest BCUT2D eigenvalue weighted by Crippen LogP contribution is 2.22. The number of thiophene rings is 1. The van der Waals surface area contributed by atoms with Gasteiger partial charge in [-0.3, -0.25) is 4.79 Å². The van der Waals surface area contributed by atoms with Crippen LogP contribution in [0.4, 0.5) is 0 Å². The number of carbonyl (C=O) groups is 1. The van der Waals surface area contributed by atoms with E-state index in [0.717, 1.165) is 17.4 Å². The molecule has 106 valence electrons. The van der Waals surface area contributed by atoms with Gasteiger partial charge in [-0.25, -0.2) is 9.67 Å². The summed E-state index contributed by atoms with van der Waals surface area (Å²) >= 11 is 1.55. The van der Waals surface area contributed by atoms with Gasteiger partial charge >= 0.3 is 0 Å². The van der Waals surface area contributed by atoms with Crippen LogP contribution in [0.25, 0.3) is 0 Å². The molecule has 1 saturated heterocycles. The number of nitrogens with zero attached hydrogens (tertiary/aromatic N) is 4. The lowest BCUT2D eigenvalue weighted by Gasteiger charge is -2.39. The summed E-state index contributed by atoms with van der Waals surface area (Å²) in [6, 6.07) is 2.10. The first kappa shape index (κ1) is 13.1. The van der Waals surface area contributed by atoms with Gasteiger partial charge in [0.1, 0.15) is 17.4 Å². The van der Waals surface area contributed by atoms with Crippen LogP contribution in [0.15, 0.2) is 16.8 Å². The van der Waals surface area contributed by atoms with Gasteiger partial charge < -0.3 is 9.64 Å². The van der Waals surface area contributed by atoms with Crippen LogP contribution in [0, 0.1) is 13.8 Å². The zero-order valence-corrected chi connectivity index (χ0v) is 12.3. The van der Waals surface area contributed by atoms with Gasteiger partial charge in [-0.1, -0.05) is 0 Å². The molecule has 6 nitrogen and oxygen atoms in total. The molecule has 0 aromatic carbocycles. The van der Waals surface area contributed by atoms with Crippen LogP contribution in [0.2, 0.25) is 0 Å². The van der Waals surface area contributed by atoms with Crippen molar-refractivity contribution in [3.8, 4) is 5.75 Å². The minimum atomic E-state index is 0.0157. The van der Waals surface area contributed by atoms with Gasteiger partial charge in [-0.15, -0.1) is 11.3 Å². The van der Waals surface area contributed by atoms with E-state index < -0.39 is 0 Å². The van der Waals surface area contributed by atoms with E-state index >= 15 is 0 Å². The average molecular weight is 292 g/mol. The van der Waals surface area contributed by atoms with Gasteiger partial charge in [0.05, 0.1) is 6.04 Å². The van der Waals surface area contributed by atoms with E-state index in [-0.39, 0.29) is 18.6 Å². The summed E-state index contributed by atoms with van der Waals surface area (Å²) in [5.74, 6) is 2.44. The Balaban J connectivity index is 1.50. The monoisotopic (exact) mass is 292 g/mol. The Morgan fingerprint density at radius 2 is 2.30 bits per heavy atom. The van der Waals surface area contributed by atoms with Crippen LogP contribution in [0.5, 0.6) is 5.75 Å². The second-order valence-corrected chi connectivity index (χ2v) is 5.63. The molecule has 0 spiro atoms. The number of aryl methyl sites for hydroxylation is 2. The number of aromatic nitrogens is 3. The van der Waals surface area contributed by atoms with Crippen LogP contribution in [0.1, 0.15) is 17.7 Å². The number of likely N-dealkylation sites (tertiary alicyclic amines) is 1. The lowest BCUT2D eigenvalue weighted by molar-refractivity contribution is -0.139. The second kappa shape index (κ2) is 5.24. The lowest BCUT2D eigenvalue weighted by Crippen LogP contribution is -2.52. The highest BCUT2D eigenvalue weighted by Gasteiger charge is 2.33. The van der Waals surface area contributed by atoms with Crippen LogP contribution in [-0.4, -0.2) is 45.3 Å². The fourth-order valence-electron chi connectivity index (χ4n) is 2.27. The van der Waals surface area contributed by atoms with E-state index in [2.05, 4.69) is 10.1 Å². The molecule has 2 aromatic rings. The topological polar surface area (TPSA) is 60.2 Å². The normalized spacial score (nSPS) is 15.2. The zero-order chi connectivity index (χ0) is 14.1. The molecule has 1 amide bonds. The smallest absolute Gasteiger partial charge is 0.260 e. The van der Waals surface area contributed by atoms with E-state index in [0.29, 0.717) is 13.1 Å². The highest BCUT2D eigenvalue weighted by atomic mass is 32.1. The fourth-order valence-corrected chi connectivity index (χ4v) is 2.84. The summed E-state index contributed by atoms with van der Waals surface area (Å²) in [4.78, 5) is 18.0. The van der Waals surface area contributed by atoms with Crippen molar-refractivity contribution in [2.45, 2.75) is 19.9 Å². The minimum Gasteiger partial charge on any atom is -0.483 e. The third-order valence-corrected chi connectivity index (χ3v) is 3.99. The Morgan fingerprint density at radius 1 is 1.50 bits per heavy atom. The van der Waals surface area contributed by atoms with Crippen LogP contribution in [0.3, 0.4) is 0 Å². The molecule has 2 aromatic heterocycles. The van der Waals surface area contributed by atoms with Crippen LogP contribution >= 0.6 is 11.3 Å². The Hall–Kier alpha value is -1.89. The third kappa shape index (κ3) is 2.53. The molecule has 1 aliphatic rings. The molecule has 3 heterocycles. The molecule has 0 unspecified atom stereocenters. The molecular formula is C13H16N4O2S. The molecular weight excluding hydrogens is 276 g/mol. The Bertz CT molecular complexity index is 602. The molecule has 1 fully saturated rings. The van der Waals surface area contributed by atoms with Crippen molar-refractivity contribution in [2.75, 3.05) is 19.7 Å². The van der Waals surface area contributed by atoms with Gasteiger partial charge in [0.25, 0.3) is 5.91 Å². The highest BCUT2D eigenvalue weighted by molar-refractivity contribution is 7.08. The van der Waals surface area contributed by atoms with Crippen LogP contribution < -0.4 is 4.74 Å². The largest absolute Gasteiger partial charge is 0.483 e. The van der Waals surface area contributed by atoms with Crippen molar-refractivity contribution < 1.29 is 9.53 Å². The zero-order valence-electron chi connectivity index (χ0n) is 11.4. The number of carbonyl (C=O) groups excluding carboxylic acids is 1. The van der Waals surface area contributed by atoms with Crippen molar-refractivity contribution in [2.24, 2.45) is 0 Å². The summed E-state index contributed by atoms with van der Waals surface area (Å²) in [7, 11) is 0. The van der Waals surface area contributed by atoms with E-state index in [4.69, 9.17) is 4.74 Å². The molecule has 0 aliphatic carbocycles. The van der Waals surface area contributed by atoms with Gasteiger partial charge in [-0.05, 0) is 25.3 Å². The van der Waals surface area contributed by atoms with Gasteiger partial charge in [0, 0.05) is 18.5 Å². The van der Waals surface area contributed by atoms with Crippen molar-refractivity contribution >= 4 is 17.2 Å². The first-order chi connectivity index (χ1) is 9.63.